The number of carbonyl (C=O) groups excluding carboxylic acids is 3. The molecule has 1 saturated heterocycles. The lowest BCUT2D eigenvalue weighted by Gasteiger charge is -2.26. The molecule has 9 heteroatoms. The standard InChI is InChI=1S/C31H22Cl2N2O5/c32-26-9-5-4-8-22(26)19-40-28-15-10-21(17-27(28)33)16-25-29(36)34-31(38)35(30(25)37)23-11-13-24(14-12-23)39-18-20-6-2-1-3-7-20/h1-17H,18-19H2,(H,34,36,38)/b25-16+. The summed E-state index contributed by atoms with van der Waals surface area (Å²) in [5.74, 6) is -0.587. The Balaban J connectivity index is 1.30. The van der Waals surface area contributed by atoms with Gasteiger partial charge in [-0.2, -0.15) is 0 Å². The van der Waals surface area contributed by atoms with Gasteiger partial charge in [0.15, 0.2) is 0 Å². The predicted octanol–water partition coefficient (Wildman–Crippen LogP) is 6.82. The number of hydrogen-bond acceptors (Lipinski definition) is 5. The van der Waals surface area contributed by atoms with Crippen LogP contribution in [0.1, 0.15) is 16.7 Å². The third-order valence-corrected chi connectivity index (χ3v) is 6.72. The van der Waals surface area contributed by atoms with Crippen molar-refractivity contribution < 1.29 is 23.9 Å². The van der Waals surface area contributed by atoms with Crippen LogP contribution < -0.4 is 19.7 Å². The van der Waals surface area contributed by atoms with E-state index < -0.39 is 17.8 Å². The summed E-state index contributed by atoms with van der Waals surface area (Å²) in [6.45, 7) is 0.588. The zero-order valence-corrected chi connectivity index (χ0v) is 22.5. The molecule has 1 fully saturated rings. The van der Waals surface area contributed by atoms with Crippen LogP contribution in [0.5, 0.6) is 11.5 Å². The van der Waals surface area contributed by atoms with Gasteiger partial charge in [0.25, 0.3) is 11.8 Å². The van der Waals surface area contributed by atoms with Crippen LogP contribution in [-0.2, 0) is 22.8 Å². The molecule has 0 unspecified atom stereocenters. The van der Waals surface area contributed by atoms with Gasteiger partial charge in [-0.3, -0.25) is 14.9 Å². The molecule has 200 valence electrons. The Hall–Kier alpha value is -4.59. The number of halogens is 2. The normalized spacial score (nSPS) is 14.3. The Kier molecular flexibility index (Phi) is 8.15. The lowest BCUT2D eigenvalue weighted by molar-refractivity contribution is -0.122. The maximum atomic E-state index is 13.3. The summed E-state index contributed by atoms with van der Waals surface area (Å²) in [5, 5.41) is 3.08. The van der Waals surface area contributed by atoms with Gasteiger partial charge >= 0.3 is 6.03 Å². The first-order valence-electron chi connectivity index (χ1n) is 12.2. The SMILES string of the molecule is O=C1NC(=O)N(c2ccc(OCc3ccccc3)cc2)C(=O)/C1=C/c1ccc(OCc2ccccc2Cl)c(Cl)c1. The second-order valence-corrected chi connectivity index (χ2v) is 9.61. The molecule has 0 aromatic heterocycles. The number of carbonyl (C=O) groups is 3. The third-order valence-electron chi connectivity index (χ3n) is 6.05. The maximum Gasteiger partial charge on any atom is 0.335 e. The summed E-state index contributed by atoms with van der Waals surface area (Å²) >= 11 is 12.6. The highest BCUT2D eigenvalue weighted by molar-refractivity contribution is 6.39. The van der Waals surface area contributed by atoms with E-state index in [1.165, 1.54) is 6.08 Å². The van der Waals surface area contributed by atoms with Gasteiger partial charge < -0.3 is 9.47 Å². The molecule has 1 heterocycles. The van der Waals surface area contributed by atoms with Crippen molar-refractivity contribution in [3.05, 3.63) is 129 Å². The topological polar surface area (TPSA) is 84.9 Å². The van der Waals surface area contributed by atoms with Crippen LogP contribution in [0.25, 0.3) is 6.08 Å². The van der Waals surface area contributed by atoms with Gasteiger partial charge in [-0.05, 0) is 59.7 Å². The molecule has 0 radical (unpaired) electrons. The minimum atomic E-state index is -0.841. The van der Waals surface area contributed by atoms with Crippen LogP contribution >= 0.6 is 23.2 Å². The summed E-state index contributed by atoms with van der Waals surface area (Å²) in [6, 6.07) is 27.4. The summed E-state index contributed by atoms with van der Waals surface area (Å²) in [4.78, 5) is 39.3. The van der Waals surface area contributed by atoms with E-state index in [1.807, 2.05) is 48.5 Å². The Morgan fingerprint density at radius 2 is 1.48 bits per heavy atom. The molecule has 0 saturated carbocycles. The zero-order chi connectivity index (χ0) is 28.1. The minimum Gasteiger partial charge on any atom is -0.489 e. The molecule has 1 N–H and O–H groups in total. The molecule has 1 aliphatic rings. The number of rotatable bonds is 8. The molecule has 4 aromatic rings. The van der Waals surface area contributed by atoms with E-state index in [9.17, 15) is 14.4 Å². The van der Waals surface area contributed by atoms with E-state index in [0.717, 1.165) is 16.0 Å². The number of barbiturate groups is 1. The molecule has 0 spiro atoms. The van der Waals surface area contributed by atoms with Crippen LogP contribution in [0, 0.1) is 0 Å². The molecular formula is C31H22Cl2N2O5. The van der Waals surface area contributed by atoms with Gasteiger partial charge in [-0.15, -0.1) is 0 Å². The minimum absolute atomic E-state index is 0.216. The van der Waals surface area contributed by atoms with E-state index in [4.69, 9.17) is 32.7 Å². The highest BCUT2D eigenvalue weighted by atomic mass is 35.5. The fourth-order valence-corrected chi connectivity index (χ4v) is 4.42. The number of benzene rings is 4. The average Bonchev–Trinajstić information content (AvgIpc) is 2.95. The molecule has 5 rings (SSSR count). The molecule has 4 amide bonds. The first kappa shape index (κ1) is 27.0. The van der Waals surface area contributed by atoms with Crippen molar-refractivity contribution in [3.8, 4) is 11.5 Å². The fraction of sp³-hybridized carbons (Fsp3) is 0.0645. The largest absolute Gasteiger partial charge is 0.489 e. The van der Waals surface area contributed by atoms with Crippen molar-refractivity contribution >= 4 is 52.8 Å². The number of anilines is 1. The number of hydrogen-bond donors (Lipinski definition) is 1. The summed E-state index contributed by atoms with van der Waals surface area (Å²) in [5.41, 5.74) is 2.36. The zero-order valence-electron chi connectivity index (χ0n) is 21.0. The third kappa shape index (κ3) is 6.17. The first-order valence-corrected chi connectivity index (χ1v) is 13.0. The highest BCUT2D eigenvalue weighted by Gasteiger charge is 2.36. The van der Waals surface area contributed by atoms with Crippen LogP contribution in [0.2, 0.25) is 10.0 Å². The molecule has 1 aliphatic heterocycles. The van der Waals surface area contributed by atoms with E-state index in [0.29, 0.717) is 28.7 Å². The summed E-state index contributed by atoms with van der Waals surface area (Å²) in [6.07, 6.45) is 1.37. The van der Waals surface area contributed by atoms with Crippen LogP contribution in [0.4, 0.5) is 10.5 Å². The van der Waals surface area contributed by atoms with Crippen molar-refractivity contribution in [1.29, 1.82) is 0 Å². The van der Waals surface area contributed by atoms with Crippen LogP contribution in [0.15, 0.2) is 103 Å². The van der Waals surface area contributed by atoms with Crippen LogP contribution in [-0.4, -0.2) is 17.8 Å². The van der Waals surface area contributed by atoms with E-state index in [2.05, 4.69) is 5.32 Å². The Morgan fingerprint density at radius 3 is 2.20 bits per heavy atom. The monoisotopic (exact) mass is 572 g/mol. The van der Waals surface area contributed by atoms with Crippen molar-refractivity contribution in [2.45, 2.75) is 13.2 Å². The van der Waals surface area contributed by atoms with E-state index in [-0.39, 0.29) is 22.9 Å². The molecule has 0 bridgehead atoms. The number of nitrogens with one attached hydrogen (secondary N) is 1. The van der Waals surface area contributed by atoms with Gasteiger partial charge in [0, 0.05) is 10.6 Å². The lowest BCUT2D eigenvalue weighted by Crippen LogP contribution is -2.54. The summed E-state index contributed by atoms with van der Waals surface area (Å²) < 4.78 is 11.6. The predicted molar refractivity (Wildman–Crippen MR) is 153 cm³/mol. The van der Waals surface area contributed by atoms with Crippen LogP contribution in [0.3, 0.4) is 0 Å². The van der Waals surface area contributed by atoms with Crippen molar-refractivity contribution in [3.63, 3.8) is 0 Å². The molecule has 0 aliphatic carbocycles. The Morgan fingerprint density at radius 1 is 0.750 bits per heavy atom. The smallest absolute Gasteiger partial charge is 0.335 e. The second kappa shape index (κ2) is 12.1. The fourth-order valence-electron chi connectivity index (χ4n) is 3.99. The van der Waals surface area contributed by atoms with Gasteiger partial charge in [-0.25, -0.2) is 9.69 Å². The van der Waals surface area contributed by atoms with Gasteiger partial charge in [0.05, 0.1) is 10.7 Å². The molecule has 7 nitrogen and oxygen atoms in total. The Labute approximate surface area is 240 Å². The second-order valence-electron chi connectivity index (χ2n) is 8.80. The Bertz CT molecular complexity index is 1600. The van der Waals surface area contributed by atoms with Crippen molar-refractivity contribution in [2.24, 2.45) is 0 Å². The number of ether oxygens (including phenoxy) is 2. The van der Waals surface area contributed by atoms with Crippen molar-refractivity contribution in [1.82, 2.24) is 5.32 Å². The molecular weight excluding hydrogens is 551 g/mol. The molecule has 40 heavy (non-hydrogen) atoms. The number of nitrogens with zero attached hydrogens (tertiary/aromatic N) is 1. The van der Waals surface area contributed by atoms with E-state index in [1.54, 1.807) is 48.5 Å². The number of urea groups is 1. The first-order chi connectivity index (χ1) is 19.4. The van der Waals surface area contributed by atoms with Crippen molar-refractivity contribution in [2.75, 3.05) is 4.90 Å². The highest BCUT2D eigenvalue weighted by Crippen LogP contribution is 2.29. The van der Waals surface area contributed by atoms with Gasteiger partial charge in [0.2, 0.25) is 0 Å². The number of amides is 4. The van der Waals surface area contributed by atoms with Gasteiger partial charge in [0.1, 0.15) is 30.3 Å². The van der Waals surface area contributed by atoms with E-state index >= 15 is 0 Å². The maximum absolute atomic E-state index is 13.3. The quantitative estimate of drug-likeness (QED) is 0.185. The average molecular weight is 573 g/mol. The summed E-state index contributed by atoms with van der Waals surface area (Å²) in [7, 11) is 0. The molecule has 4 aromatic carbocycles. The van der Waals surface area contributed by atoms with Gasteiger partial charge in [-0.1, -0.05) is 77.8 Å². The number of imide groups is 2. The lowest BCUT2D eigenvalue weighted by atomic mass is 10.1. The molecule has 0 atom stereocenters.